The Kier molecular flexibility index (Phi) is 4.98. The lowest BCUT2D eigenvalue weighted by Gasteiger charge is -2.07. The quantitative estimate of drug-likeness (QED) is 0.821. The fraction of sp³-hybridized carbons (Fsp3) is 0.235. The van der Waals surface area contributed by atoms with Crippen LogP contribution in [0.5, 0.6) is 5.75 Å². The first kappa shape index (κ1) is 16.2. The Morgan fingerprint density at radius 1 is 1.05 bits per heavy atom. The molecule has 2 rings (SSSR count). The van der Waals surface area contributed by atoms with E-state index in [0.29, 0.717) is 5.56 Å². The highest BCUT2D eigenvalue weighted by molar-refractivity contribution is 7.91. The van der Waals surface area contributed by atoms with Crippen molar-refractivity contribution in [1.29, 1.82) is 0 Å². The maximum absolute atomic E-state index is 11.8. The zero-order valence-electron chi connectivity index (χ0n) is 12.6. The monoisotopic (exact) mass is 318 g/mol. The summed E-state index contributed by atoms with van der Waals surface area (Å²) in [5.74, 6) is -0.103. The van der Waals surface area contributed by atoms with E-state index in [1.54, 1.807) is 19.2 Å². The molecule has 0 aromatic heterocycles. The maximum atomic E-state index is 11.8. The molecule has 4 nitrogen and oxygen atoms in total. The fourth-order valence-electron chi connectivity index (χ4n) is 2.21. The summed E-state index contributed by atoms with van der Waals surface area (Å²) in [7, 11) is -1.78. The van der Waals surface area contributed by atoms with Gasteiger partial charge in [-0.15, -0.1) is 0 Å². The standard InChI is InChI=1S/C17H18O4S/c1-13(18)11-22(19,20)12-14-6-8-15(9-7-14)16-4-3-5-17(10-16)21-2/h3-10H,11-12H2,1-2H3. The molecule has 2 aromatic carbocycles. The van der Waals surface area contributed by atoms with Gasteiger partial charge in [-0.25, -0.2) is 8.42 Å². The average molecular weight is 318 g/mol. The van der Waals surface area contributed by atoms with Crippen LogP contribution in [0.4, 0.5) is 0 Å². The molecule has 0 bridgehead atoms. The second kappa shape index (κ2) is 6.75. The molecule has 0 heterocycles. The van der Waals surface area contributed by atoms with Gasteiger partial charge in [-0.2, -0.15) is 0 Å². The first-order chi connectivity index (χ1) is 10.4. The summed E-state index contributed by atoms with van der Waals surface area (Å²) in [6.07, 6.45) is 0. The third-order valence-electron chi connectivity index (χ3n) is 3.17. The first-order valence-electron chi connectivity index (χ1n) is 6.83. The van der Waals surface area contributed by atoms with Gasteiger partial charge in [0.1, 0.15) is 17.3 Å². The molecule has 116 valence electrons. The first-order valence-corrected chi connectivity index (χ1v) is 8.65. The molecule has 0 fully saturated rings. The van der Waals surface area contributed by atoms with Crippen molar-refractivity contribution in [2.75, 3.05) is 12.9 Å². The third-order valence-corrected chi connectivity index (χ3v) is 4.79. The van der Waals surface area contributed by atoms with Crippen molar-refractivity contribution in [3.8, 4) is 16.9 Å². The number of benzene rings is 2. The Hall–Kier alpha value is -2.14. The van der Waals surface area contributed by atoms with Gasteiger partial charge < -0.3 is 4.74 Å². The van der Waals surface area contributed by atoms with Gasteiger partial charge in [0.05, 0.1) is 12.9 Å². The molecule has 0 N–H and O–H groups in total. The number of hydrogen-bond donors (Lipinski definition) is 0. The molecule has 0 aliphatic heterocycles. The predicted molar refractivity (Wildman–Crippen MR) is 86.6 cm³/mol. The van der Waals surface area contributed by atoms with Crippen molar-refractivity contribution in [1.82, 2.24) is 0 Å². The summed E-state index contributed by atoms with van der Waals surface area (Å²) in [4.78, 5) is 11.0. The average Bonchev–Trinajstić information content (AvgIpc) is 2.46. The zero-order chi connectivity index (χ0) is 16.2. The van der Waals surface area contributed by atoms with Crippen LogP contribution in [0.25, 0.3) is 11.1 Å². The van der Waals surface area contributed by atoms with E-state index < -0.39 is 15.6 Å². The van der Waals surface area contributed by atoms with Crippen LogP contribution in [0, 0.1) is 0 Å². The summed E-state index contributed by atoms with van der Waals surface area (Å²) in [6, 6.07) is 14.9. The topological polar surface area (TPSA) is 60.4 Å². The number of rotatable bonds is 6. The predicted octanol–water partition coefficient (Wildman–Crippen LogP) is 2.87. The lowest BCUT2D eigenvalue weighted by atomic mass is 10.0. The van der Waals surface area contributed by atoms with Crippen molar-refractivity contribution in [3.63, 3.8) is 0 Å². The molecular weight excluding hydrogens is 300 g/mol. The summed E-state index contributed by atoms with van der Waals surface area (Å²) in [5.41, 5.74) is 2.65. The van der Waals surface area contributed by atoms with E-state index in [4.69, 9.17) is 4.74 Å². The SMILES string of the molecule is COc1cccc(-c2ccc(CS(=O)(=O)CC(C)=O)cc2)c1. The lowest BCUT2D eigenvalue weighted by molar-refractivity contribution is -0.114. The molecule has 0 spiro atoms. The zero-order valence-corrected chi connectivity index (χ0v) is 13.4. The Labute approximate surface area is 130 Å². The van der Waals surface area contributed by atoms with Crippen LogP contribution in [-0.2, 0) is 20.4 Å². The van der Waals surface area contributed by atoms with E-state index in [2.05, 4.69) is 0 Å². The van der Waals surface area contributed by atoms with Crippen LogP contribution in [-0.4, -0.2) is 27.1 Å². The molecule has 2 aromatic rings. The molecule has 0 saturated heterocycles. The molecular formula is C17H18O4S. The van der Waals surface area contributed by atoms with Crippen LogP contribution in [0.2, 0.25) is 0 Å². The maximum Gasteiger partial charge on any atom is 0.161 e. The van der Waals surface area contributed by atoms with Crippen molar-refractivity contribution in [3.05, 3.63) is 54.1 Å². The normalized spacial score (nSPS) is 11.2. The summed E-state index contributed by atoms with van der Waals surface area (Å²) < 4.78 is 28.8. The van der Waals surface area contributed by atoms with Gasteiger partial charge in [-0.05, 0) is 35.7 Å². The number of ketones is 1. The molecule has 0 aliphatic rings. The van der Waals surface area contributed by atoms with Crippen molar-refractivity contribution in [2.24, 2.45) is 0 Å². The summed E-state index contributed by atoms with van der Waals surface area (Å²) >= 11 is 0. The van der Waals surface area contributed by atoms with Gasteiger partial charge in [0.2, 0.25) is 0 Å². The highest BCUT2D eigenvalue weighted by Gasteiger charge is 2.14. The number of carbonyl (C=O) groups is 1. The highest BCUT2D eigenvalue weighted by Crippen LogP contribution is 2.24. The fourth-order valence-corrected chi connectivity index (χ4v) is 3.63. The second-order valence-electron chi connectivity index (χ2n) is 5.16. The Balaban J connectivity index is 2.18. The Morgan fingerprint density at radius 2 is 1.73 bits per heavy atom. The molecule has 0 aliphatic carbocycles. The van der Waals surface area contributed by atoms with E-state index in [9.17, 15) is 13.2 Å². The minimum Gasteiger partial charge on any atom is -0.497 e. The number of methoxy groups -OCH3 is 1. The summed E-state index contributed by atoms with van der Waals surface area (Å²) in [5, 5.41) is 0. The smallest absolute Gasteiger partial charge is 0.161 e. The van der Waals surface area contributed by atoms with E-state index in [0.717, 1.165) is 16.9 Å². The van der Waals surface area contributed by atoms with Crippen molar-refractivity contribution >= 4 is 15.6 Å². The van der Waals surface area contributed by atoms with Gasteiger partial charge in [0.25, 0.3) is 0 Å². The number of Topliss-reactive ketones (excluding diaryl/α,β-unsaturated/α-hetero) is 1. The van der Waals surface area contributed by atoms with Crippen molar-refractivity contribution in [2.45, 2.75) is 12.7 Å². The van der Waals surface area contributed by atoms with E-state index in [1.807, 2.05) is 36.4 Å². The third kappa shape index (κ3) is 4.43. The second-order valence-corrected chi connectivity index (χ2v) is 7.23. The molecule has 0 unspecified atom stereocenters. The van der Waals surface area contributed by atoms with Crippen molar-refractivity contribution < 1.29 is 17.9 Å². The summed E-state index contributed by atoms with van der Waals surface area (Å²) in [6.45, 7) is 1.28. The molecule has 0 atom stereocenters. The molecule has 5 heteroatoms. The van der Waals surface area contributed by atoms with Gasteiger partial charge >= 0.3 is 0 Å². The van der Waals surface area contributed by atoms with E-state index >= 15 is 0 Å². The molecule has 22 heavy (non-hydrogen) atoms. The van der Waals surface area contributed by atoms with Crippen LogP contribution in [0.3, 0.4) is 0 Å². The van der Waals surface area contributed by atoms with Gasteiger partial charge in [0.15, 0.2) is 9.84 Å². The van der Waals surface area contributed by atoms with Crippen LogP contribution < -0.4 is 4.74 Å². The largest absolute Gasteiger partial charge is 0.497 e. The van der Waals surface area contributed by atoms with Gasteiger partial charge in [-0.1, -0.05) is 36.4 Å². The number of hydrogen-bond acceptors (Lipinski definition) is 4. The van der Waals surface area contributed by atoms with Crippen LogP contribution >= 0.6 is 0 Å². The minimum absolute atomic E-state index is 0.120. The number of carbonyl (C=O) groups excluding carboxylic acids is 1. The van der Waals surface area contributed by atoms with Crippen LogP contribution in [0.15, 0.2) is 48.5 Å². The Bertz CT molecular complexity index is 762. The van der Waals surface area contributed by atoms with Gasteiger partial charge in [-0.3, -0.25) is 4.79 Å². The highest BCUT2D eigenvalue weighted by atomic mass is 32.2. The molecule has 0 amide bonds. The van der Waals surface area contributed by atoms with E-state index in [-0.39, 0.29) is 11.5 Å². The lowest BCUT2D eigenvalue weighted by Crippen LogP contribution is -2.15. The Morgan fingerprint density at radius 3 is 2.32 bits per heavy atom. The molecule has 0 radical (unpaired) electrons. The molecule has 0 saturated carbocycles. The van der Waals surface area contributed by atoms with Gasteiger partial charge in [0, 0.05) is 0 Å². The van der Waals surface area contributed by atoms with E-state index in [1.165, 1.54) is 6.92 Å². The minimum atomic E-state index is -3.39. The number of sulfone groups is 1. The number of ether oxygens (including phenoxy) is 1. The van der Waals surface area contributed by atoms with Crippen LogP contribution in [0.1, 0.15) is 12.5 Å².